The molecule has 1 aromatic heterocycles. The molecule has 0 spiro atoms. The van der Waals surface area contributed by atoms with Crippen LogP contribution in [-0.2, 0) is 11.3 Å². The maximum Gasteiger partial charge on any atom is 0.293 e. The van der Waals surface area contributed by atoms with Gasteiger partial charge in [-0.15, -0.1) is 0 Å². The van der Waals surface area contributed by atoms with Crippen molar-refractivity contribution in [1.29, 1.82) is 0 Å². The molecule has 0 radical (unpaired) electrons. The van der Waals surface area contributed by atoms with Crippen molar-refractivity contribution < 1.29 is 19.1 Å². The third kappa shape index (κ3) is 4.01. The Labute approximate surface area is 139 Å². The van der Waals surface area contributed by atoms with Crippen LogP contribution < -0.4 is 9.88 Å². The summed E-state index contributed by atoms with van der Waals surface area (Å²) in [5.41, 5.74) is 2.14. The summed E-state index contributed by atoms with van der Waals surface area (Å²) < 4.78 is 1.55. The van der Waals surface area contributed by atoms with Crippen LogP contribution in [0.3, 0.4) is 0 Å². The number of benzene rings is 1. The predicted octanol–water partition coefficient (Wildman–Crippen LogP) is 2.34. The molecule has 24 heavy (non-hydrogen) atoms. The summed E-state index contributed by atoms with van der Waals surface area (Å²) in [5.74, 6) is -0.512. The van der Waals surface area contributed by atoms with Gasteiger partial charge in [0.1, 0.15) is 5.69 Å². The molecule has 0 fully saturated rings. The van der Waals surface area contributed by atoms with Crippen molar-refractivity contribution >= 4 is 23.1 Å². The lowest BCUT2D eigenvalue weighted by Crippen LogP contribution is -2.40. The lowest BCUT2D eigenvalue weighted by molar-refractivity contribution is -0.684. The number of amides is 1. The molecular formula is C17H18N3O4+. The van der Waals surface area contributed by atoms with Crippen LogP contribution >= 0.6 is 0 Å². The minimum Gasteiger partial charge on any atom is -0.315 e. The van der Waals surface area contributed by atoms with E-state index in [2.05, 4.69) is 5.32 Å². The Morgan fingerprint density at radius 2 is 1.92 bits per heavy atom. The molecule has 7 nitrogen and oxygen atoms in total. The first-order valence-electron chi connectivity index (χ1n) is 7.33. The normalized spacial score (nSPS) is 10.3. The second-order valence-corrected chi connectivity index (χ2v) is 5.58. The first-order valence-corrected chi connectivity index (χ1v) is 7.33. The fourth-order valence-electron chi connectivity index (χ4n) is 2.24. The number of nitro groups is 1. The van der Waals surface area contributed by atoms with Gasteiger partial charge < -0.3 is 5.32 Å². The molecule has 0 saturated carbocycles. The first kappa shape index (κ1) is 17.3. The van der Waals surface area contributed by atoms with Gasteiger partial charge in [-0.05, 0) is 44.0 Å². The fourth-order valence-corrected chi connectivity index (χ4v) is 2.24. The van der Waals surface area contributed by atoms with Crippen LogP contribution in [0.4, 0.5) is 11.4 Å². The molecular weight excluding hydrogens is 310 g/mol. The van der Waals surface area contributed by atoms with Crippen molar-refractivity contribution in [2.45, 2.75) is 27.3 Å². The third-order valence-corrected chi connectivity index (χ3v) is 3.67. The molecule has 0 unspecified atom stereocenters. The van der Waals surface area contributed by atoms with Gasteiger partial charge in [-0.3, -0.25) is 19.7 Å². The number of carbonyl (C=O) groups is 2. The molecule has 0 aliphatic rings. The van der Waals surface area contributed by atoms with Gasteiger partial charge >= 0.3 is 0 Å². The minimum absolute atomic E-state index is 0.0504. The summed E-state index contributed by atoms with van der Waals surface area (Å²) >= 11 is 0. The summed E-state index contributed by atoms with van der Waals surface area (Å²) in [6.07, 6.45) is 3.22. The van der Waals surface area contributed by atoms with Crippen molar-refractivity contribution in [3.63, 3.8) is 0 Å². The number of pyridine rings is 1. The fraction of sp³-hybridized carbons (Fsp3) is 0.235. The number of rotatable bonds is 5. The highest BCUT2D eigenvalue weighted by atomic mass is 16.6. The maximum absolute atomic E-state index is 12.2. The lowest BCUT2D eigenvalue weighted by Gasteiger charge is -2.08. The van der Waals surface area contributed by atoms with Gasteiger partial charge in [-0.2, -0.15) is 4.57 Å². The number of anilines is 1. The number of hydrogen-bond donors (Lipinski definition) is 1. The van der Waals surface area contributed by atoms with E-state index >= 15 is 0 Å². The Balaban J connectivity index is 2.21. The molecule has 124 valence electrons. The van der Waals surface area contributed by atoms with Crippen molar-refractivity contribution in [3.05, 3.63) is 63.5 Å². The summed E-state index contributed by atoms with van der Waals surface area (Å²) in [5, 5.41) is 13.7. The van der Waals surface area contributed by atoms with Crippen LogP contribution in [0.5, 0.6) is 0 Å². The Hall–Kier alpha value is -3.09. The van der Waals surface area contributed by atoms with Gasteiger partial charge in [-0.25, -0.2) is 0 Å². The standard InChI is InChI=1S/C17H17N3O4/c1-11-7-15(16(20(23)24)8-12(11)2)18-17(22)10-19-6-4-5-14(9-19)13(3)21/h4-9H,10H2,1-3H3/p+1. The molecule has 0 bridgehead atoms. The van der Waals surface area contributed by atoms with E-state index in [0.717, 1.165) is 11.1 Å². The number of hydrogen-bond acceptors (Lipinski definition) is 4. The lowest BCUT2D eigenvalue weighted by atomic mass is 10.1. The van der Waals surface area contributed by atoms with Crippen molar-refractivity contribution in [1.82, 2.24) is 0 Å². The van der Waals surface area contributed by atoms with Crippen molar-refractivity contribution in [2.24, 2.45) is 0 Å². The summed E-state index contributed by atoms with van der Waals surface area (Å²) in [7, 11) is 0. The Kier molecular flexibility index (Phi) is 5.03. The molecule has 2 rings (SSSR count). The SMILES string of the molecule is CC(=O)c1ccc[n+](CC(=O)Nc2cc(C)c(C)cc2[N+](=O)[O-])c1. The molecule has 1 heterocycles. The monoisotopic (exact) mass is 328 g/mol. The zero-order chi connectivity index (χ0) is 17.9. The zero-order valence-corrected chi connectivity index (χ0v) is 13.7. The Morgan fingerprint density at radius 3 is 2.54 bits per heavy atom. The number of nitrogens with zero attached hydrogens (tertiary/aromatic N) is 2. The number of ketones is 1. The van der Waals surface area contributed by atoms with E-state index in [4.69, 9.17) is 0 Å². The zero-order valence-electron chi connectivity index (χ0n) is 13.7. The van der Waals surface area contributed by atoms with Gasteiger partial charge in [0.2, 0.25) is 6.54 Å². The second kappa shape index (κ2) is 6.99. The van der Waals surface area contributed by atoms with Crippen LogP contribution in [0.2, 0.25) is 0 Å². The van der Waals surface area contributed by atoms with E-state index < -0.39 is 10.8 Å². The largest absolute Gasteiger partial charge is 0.315 e. The van der Waals surface area contributed by atoms with E-state index in [1.54, 1.807) is 42.1 Å². The van der Waals surface area contributed by atoms with Gasteiger partial charge in [0.25, 0.3) is 11.6 Å². The molecule has 1 N–H and O–H groups in total. The summed E-state index contributed by atoms with van der Waals surface area (Å²) in [4.78, 5) is 34.2. The van der Waals surface area contributed by atoms with E-state index in [-0.39, 0.29) is 23.7 Å². The number of aromatic nitrogens is 1. The number of nitrogens with one attached hydrogen (secondary N) is 1. The maximum atomic E-state index is 12.2. The number of nitro benzene ring substituents is 1. The average molecular weight is 328 g/mol. The van der Waals surface area contributed by atoms with Gasteiger partial charge in [0, 0.05) is 12.1 Å². The van der Waals surface area contributed by atoms with Crippen LogP contribution in [0.1, 0.15) is 28.4 Å². The van der Waals surface area contributed by atoms with Crippen molar-refractivity contribution in [2.75, 3.05) is 5.32 Å². The summed E-state index contributed by atoms with van der Waals surface area (Å²) in [6, 6.07) is 6.35. The van der Waals surface area contributed by atoms with E-state index in [1.165, 1.54) is 13.0 Å². The quantitative estimate of drug-likeness (QED) is 0.394. The average Bonchev–Trinajstić information content (AvgIpc) is 2.50. The molecule has 0 atom stereocenters. The number of aryl methyl sites for hydroxylation is 2. The van der Waals surface area contributed by atoms with Crippen LogP contribution in [-0.4, -0.2) is 16.6 Å². The Bertz CT molecular complexity index is 831. The molecule has 0 aliphatic heterocycles. The molecule has 0 saturated heterocycles. The van der Waals surface area contributed by atoms with Gasteiger partial charge in [0.15, 0.2) is 18.2 Å². The third-order valence-electron chi connectivity index (χ3n) is 3.67. The van der Waals surface area contributed by atoms with Gasteiger partial charge in [0.05, 0.1) is 10.5 Å². The van der Waals surface area contributed by atoms with E-state index in [9.17, 15) is 19.7 Å². The Morgan fingerprint density at radius 1 is 1.25 bits per heavy atom. The highest BCUT2D eigenvalue weighted by Gasteiger charge is 2.19. The van der Waals surface area contributed by atoms with Crippen molar-refractivity contribution in [3.8, 4) is 0 Å². The molecule has 1 amide bonds. The van der Waals surface area contributed by atoms with Gasteiger partial charge in [-0.1, -0.05) is 0 Å². The topological polar surface area (TPSA) is 93.2 Å². The molecule has 0 aliphatic carbocycles. The second-order valence-electron chi connectivity index (χ2n) is 5.58. The first-order chi connectivity index (χ1) is 11.3. The number of carbonyl (C=O) groups excluding carboxylic acids is 2. The highest BCUT2D eigenvalue weighted by Crippen LogP contribution is 2.27. The van der Waals surface area contributed by atoms with E-state index in [1.807, 2.05) is 6.92 Å². The smallest absolute Gasteiger partial charge is 0.293 e. The van der Waals surface area contributed by atoms with Crippen LogP contribution in [0.25, 0.3) is 0 Å². The van der Waals surface area contributed by atoms with Crippen LogP contribution in [0.15, 0.2) is 36.7 Å². The molecule has 2 aromatic rings. The number of Topliss-reactive ketones (excluding diaryl/α,β-unsaturated/α-hetero) is 1. The van der Waals surface area contributed by atoms with Crippen LogP contribution in [0, 0.1) is 24.0 Å². The van der Waals surface area contributed by atoms with E-state index in [0.29, 0.717) is 5.56 Å². The predicted molar refractivity (Wildman–Crippen MR) is 87.8 cm³/mol. The highest BCUT2D eigenvalue weighted by molar-refractivity contribution is 5.94. The minimum atomic E-state index is -0.522. The summed E-state index contributed by atoms with van der Waals surface area (Å²) in [6.45, 7) is 4.99. The molecule has 7 heteroatoms. The molecule has 1 aromatic carbocycles.